The monoisotopic (exact) mass is 566 g/mol. The molecule has 2 aliphatic rings. The van der Waals surface area contributed by atoms with Crippen molar-refractivity contribution in [2.75, 3.05) is 52.5 Å². The summed E-state index contributed by atoms with van der Waals surface area (Å²) >= 11 is 0. The number of benzene rings is 2. The first-order valence-electron chi connectivity index (χ1n) is 13.9. The Labute approximate surface area is 239 Å². The van der Waals surface area contributed by atoms with Gasteiger partial charge in [-0.3, -0.25) is 19.4 Å². The molecule has 2 aliphatic heterocycles. The molecule has 0 aromatic heterocycles. The third-order valence-corrected chi connectivity index (χ3v) is 7.34. The highest BCUT2D eigenvalue weighted by molar-refractivity contribution is 5.94. The van der Waals surface area contributed by atoms with E-state index >= 15 is 0 Å². The Morgan fingerprint density at radius 2 is 1.37 bits per heavy atom. The summed E-state index contributed by atoms with van der Waals surface area (Å²) in [6, 6.07) is 13.4. The van der Waals surface area contributed by atoms with Gasteiger partial charge < -0.3 is 31.6 Å². The number of carbonyl (C=O) groups excluding carboxylic acids is 4. The lowest BCUT2D eigenvalue weighted by molar-refractivity contribution is 0.0710. The minimum Gasteiger partial charge on any atom is -0.449 e. The summed E-state index contributed by atoms with van der Waals surface area (Å²) in [7, 11) is 0. The fourth-order valence-electron chi connectivity index (χ4n) is 5.20. The van der Waals surface area contributed by atoms with Gasteiger partial charge in [-0.05, 0) is 48.6 Å². The molecule has 4 amide bonds. The Bertz CT molecular complexity index is 1240. The molecule has 2 heterocycles. The van der Waals surface area contributed by atoms with Crippen LogP contribution in [0.3, 0.4) is 0 Å². The molecule has 2 unspecified atom stereocenters. The van der Waals surface area contributed by atoms with Crippen molar-refractivity contribution in [1.29, 1.82) is 0 Å². The third-order valence-electron chi connectivity index (χ3n) is 7.34. The topological polar surface area (TPSA) is 169 Å². The van der Waals surface area contributed by atoms with Crippen molar-refractivity contribution in [2.45, 2.75) is 31.3 Å². The molecule has 0 saturated carbocycles. The molecule has 220 valence electrons. The molecule has 12 heteroatoms. The molecule has 2 aromatic carbocycles. The molecule has 0 spiro atoms. The maximum Gasteiger partial charge on any atom is 0.410 e. The predicted molar refractivity (Wildman–Crippen MR) is 151 cm³/mol. The number of nitrogens with one attached hydrogen (secondary N) is 2. The van der Waals surface area contributed by atoms with Gasteiger partial charge in [0.15, 0.2) is 0 Å². The highest BCUT2D eigenvalue weighted by Gasteiger charge is 2.31. The van der Waals surface area contributed by atoms with E-state index in [4.69, 9.17) is 20.9 Å². The van der Waals surface area contributed by atoms with E-state index in [1.54, 1.807) is 46.2 Å². The Kier molecular flexibility index (Phi) is 10.5. The van der Waals surface area contributed by atoms with Gasteiger partial charge in [-0.25, -0.2) is 9.59 Å². The van der Waals surface area contributed by atoms with Crippen LogP contribution in [0.15, 0.2) is 48.5 Å². The number of hydrogen-bond acceptors (Lipinski definition) is 8. The maximum atomic E-state index is 12.9. The Balaban J connectivity index is 1.20. The lowest BCUT2D eigenvalue weighted by atomic mass is 9.97. The van der Waals surface area contributed by atoms with Crippen LogP contribution in [0.2, 0.25) is 0 Å². The van der Waals surface area contributed by atoms with Crippen LogP contribution in [0.25, 0.3) is 0 Å². The normalized spacial score (nSPS) is 18.9. The van der Waals surface area contributed by atoms with Gasteiger partial charge in [0.2, 0.25) is 11.8 Å². The van der Waals surface area contributed by atoms with Crippen molar-refractivity contribution in [3.63, 3.8) is 0 Å². The maximum absolute atomic E-state index is 12.9. The summed E-state index contributed by atoms with van der Waals surface area (Å²) in [6.45, 7) is 3.73. The molecule has 2 saturated heterocycles. The van der Waals surface area contributed by atoms with Crippen molar-refractivity contribution >= 4 is 24.0 Å². The van der Waals surface area contributed by atoms with Crippen LogP contribution in [-0.4, -0.2) is 86.3 Å². The van der Waals surface area contributed by atoms with Gasteiger partial charge in [0.25, 0.3) is 0 Å². The van der Waals surface area contributed by atoms with E-state index in [9.17, 15) is 19.2 Å². The second kappa shape index (κ2) is 14.5. The molecule has 4 rings (SSSR count). The zero-order valence-electron chi connectivity index (χ0n) is 23.1. The molecule has 41 heavy (non-hydrogen) atoms. The number of rotatable bonds is 10. The van der Waals surface area contributed by atoms with E-state index in [1.807, 2.05) is 12.1 Å². The highest BCUT2D eigenvalue weighted by Crippen LogP contribution is 2.26. The fraction of sp³-hybridized carbons (Fsp3) is 0.448. The number of unbranched alkanes of at least 4 members (excludes halogenated alkanes) is 2. The zero-order chi connectivity index (χ0) is 29.2. The average molecular weight is 567 g/mol. The first-order valence-corrected chi connectivity index (χ1v) is 13.9. The van der Waals surface area contributed by atoms with Crippen LogP contribution in [-0.2, 0) is 9.47 Å². The molecular weight excluding hydrogens is 528 g/mol. The van der Waals surface area contributed by atoms with Crippen LogP contribution >= 0.6 is 0 Å². The molecule has 2 atom stereocenters. The zero-order valence-corrected chi connectivity index (χ0v) is 23.1. The van der Waals surface area contributed by atoms with Gasteiger partial charge in [0.05, 0.1) is 25.3 Å². The largest absolute Gasteiger partial charge is 0.449 e. The number of primary amides is 2. The molecule has 12 nitrogen and oxygen atoms in total. The average Bonchev–Trinajstić information content (AvgIpc) is 3.00. The molecule has 2 fully saturated rings. The van der Waals surface area contributed by atoms with Crippen molar-refractivity contribution in [3.8, 4) is 0 Å². The van der Waals surface area contributed by atoms with E-state index in [2.05, 4.69) is 10.6 Å². The van der Waals surface area contributed by atoms with E-state index < -0.39 is 24.0 Å². The fourth-order valence-corrected chi connectivity index (χ4v) is 5.20. The molecule has 0 aliphatic carbocycles. The summed E-state index contributed by atoms with van der Waals surface area (Å²) in [5.41, 5.74) is 13.3. The van der Waals surface area contributed by atoms with Gasteiger partial charge in [-0.2, -0.15) is 0 Å². The van der Waals surface area contributed by atoms with E-state index in [1.165, 1.54) is 0 Å². The van der Waals surface area contributed by atoms with E-state index in [-0.39, 0.29) is 25.3 Å². The van der Waals surface area contributed by atoms with Gasteiger partial charge in [-0.15, -0.1) is 0 Å². The summed E-state index contributed by atoms with van der Waals surface area (Å²) in [5.74, 6) is -1.05. The minimum atomic E-state index is -0.537. The summed E-state index contributed by atoms with van der Waals surface area (Å²) in [5, 5.41) is 6.53. The summed E-state index contributed by atoms with van der Waals surface area (Å²) < 4.78 is 11.1. The number of amides is 4. The lowest BCUT2D eigenvalue weighted by Crippen LogP contribution is -2.49. The van der Waals surface area contributed by atoms with Crippen LogP contribution in [0, 0.1) is 0 Å². The number of nitrogens with zero attached hydrogens (tertiary/aromatic N) is 2. The second-order valence-electron chi connectivity index (χ2n) is 10.1. The first kappa shape index (κ1) is 29.8. The van der Waals surface area contributed by atoms with Crippen molar-refractivity contribution in [1.82, 2.24) is 20.4 Å². The summed E-state index contributed by atoms with van der Waals surface area (Å²) in [6.07, 6.45) is 1.11. The molecule has 6 N–H and O–H groups in total. The van der Waals surface area contributed by atoms with Crippen LogP contribution in [0.5, 0.6) is 0 Å². The Hall–Kier alpha value is -4.16. The van der Waals surface area contributed by atoms with Crippen molar-refractivity contribution < 1.29 is 28.7 Å². The van der Waals surface area contributed by atoms with Crippen molar-refractivity contribution in [3.05, 3.63) is 70.8 Å². The second-order valence-corrected chi connectivity index (χ2v) is 10.1. The summed E-state index contributed by atoms with van der Waals surface area (Å²) in [4.78, 5) is 52.5. The number of ether oxygens (including phenoxy) is 2. The SMILES string of the molecule is NC(=O)c1cccc(C2CNCCN2C(=O)OCCCCCOC(=O)N2CCNCC2c2ccccc2C(N)=O)c1. The highest BCUT2D eigenvalue weighted by atomic mass is 16.6. The number of nitrogens with two attached hydrogens (primary N) is 2. The molecule has 2 aromatic rings. The van der Waals surface area contributed by atoms with Crippen LogP contribution in [0.4, 0.5) is 9.59 Å². The van der Waals surface area contributed by atoms with Crippen LogP contribution < -0.4 is 22.1 Å². The van der Waals surface area contributed by atoms with Gasteiger partial charge in [-0.1, -0.05) is 30.3 Å². The smallest absolute Gasteiger partial charge is 0.410 e. The van der Waals surface area contributed by atoms with Gasteiger partial charge in [0.1, 0.15) is 0 Å². The van der Waals surface area contributed by atoms with E-state index in [0.29, 0.717) is 75.2 Å². The number of hydrogen-bond donors (Lipinski definition) is 4. The first-order chi connectivity index (χ1) is 19.9. The van der Waals surface area contributed by atoms with Gasteiger partial charge in [0, 0.05) is 50.4 Å². The minimum absolute atomic E-state index is 0.233. The van der Waals surface area contributed by atoms with Crippen LogP contribution in [0.1, 0.15) is 63.2 Å². The number of piperazine rings is 2. The van der Waals surface area contributed by atoms with E-state index in [0.717, 1.165) is 5.56 Å². The number of carbonyl (C=O) groups is 4. The molecule has 0 bridgehead atoms. The third kappa shape index (κ3) is 7.74. The molecule has 0 radical (unpaired) electrons. The quantitative estimate of drug-likeness (QED) is 0.316. The predicted octanol–water partition coefficient (Wildman–Crippen LogP) is 1.92. The standard InChI is InChI=1S/C29H38N6O6/c30-26(36)21-8-6-7-20(17-21)24-18-32-11-13-34(24)28(38)40-15-4-1-5-16-41-29(39)35-14-12-33-19-25(35)22-9-2-3-10-23(22)27(31)37/h2-3,6-10,17,24-25,32-33H,1,4-5,11-16,18-19H2,(H2,30,36)(H2,31,37). The van der Waals surface area contributed by atoms with Gasteiger partial charge >= 0.3 is 12.2 Å². The Morgan fingerprint density at radius 1 is 0.756 bits per heavy atom. The lowest BCUT2D eigenvalue weighted by Gasteiger charge is -2.36. The van der Waals surface area contributed by atoms with Crippen molar-refractivity contribution in [2.24, 2.45) is 11.5 Å². The molecular formula is C29H38N6O6. The Morgan fingerprint density at radius 3 is 2.00 bits per heavy atom.